The Morgan fingerprint density at radius 2 is 0.690 bits per heavy atom. The van der Waals surface area contributed by atoms with Crippen LogP contribution in [0.5, 0.6) is 23.0 Å². The number of ether oxygens (including phenoxy) is 2. The molecular formula is C24H16B2O3. The van der Waals surface area contributed by atoms with Crippen LogP contribution >= 0.6 is 0 Å². The summed E-state index contributed by atoms with van der Waals surface area (Å²) in [6, 6.07) is 32.3. The van der Waals surface area contributed by atoms with E-state index >= 15 is 0 Å². The average Bonchev–Trinajstić information content (AvgIpc) is 2.78. The summed E-state index contributed by atoms with van der Waals surface area (Å²) in [6.07, 6.45) is 0. The van der Waals surface area contributed by atoms with Gasteiger partial charge in [-0.15, -0.1) is 0 Å². The molecule has 136 valence electrons. The molecule has 0 unspecified atom stereocenters. The summed E-state index contributed by atoms with van der Waals surface area (Å²) in [5, 5.41) is 0. The van der Waals surface area contributed by atoms with Crippen LogP contribution in [0.15, 0.2) is 97.1 Å². The fourth-order valence-electron chi connectivity index (χ4n) is 4.16. The number of rotatable bonds is 2. The zero-order valence-corrected chi connectivity index (χ0v) is 15.6. The highest BCUT2D eigenvalue weighted by atomic mass is 16.5. The normalized spacial score (nSPS) is 13.4. The number of fused-ring (bicyclic) bond motifs is 4. The molecule has 0 fully saturated rings. The topological polar surface area (TPSA) is 27.7 Å². The van der Waals surface area contributed by atoms with Gasteiger partial charge in [-0.3, -0.25) is 0 Å². The van der Waals surface area contributed by atoms with Crippen LogP contribution in [0.1, 0.15) is 0 Å². The van der Waals surface area contributed by atoms with E-state index in [-0.39, 0.29) is 13.8 Å². The molecule has 4 aromatic carbocycles. The molecule has 0 saturated heterocycles. The average molecular weight is 374 g/mol. The number of benzene rings is 4. The first-order valence-corrected chi connectivity index (χ1v) is 9.75. The third-order valence-corrected chi connectivity index (χ3v) is 5.52. The van der Waals surface area contributed by atoms with E-state index in [0.717, 1.165) is 44.8 Å². The summed E-state index contributed by atoms with van der Waals surface area (Å²) in [5.41, 5.74) is 4.14. The third-order valence-electron chi connectivity index (χ3n) is 5.52. The van der Waals surface area contributed by atoms with E-state index < -0.39 is 0 Å². The molecule has 0 aliphatic carbocycles. The summed E-state index contributed by atoms with van der Waals surface area (Å²) in [4.78, 5) is 0. The van der Waals surface area contributed by atoms with Crippen molar-refractivity contribution in [3.8, 4) is 23.0 Å². The Morgan fingerprint density at radius 1 is 0.414 bits per heavy atom. The molecule has 0 N–H and O–H groups in total. The maximum atomic E-state index is 6.88. The Labute approximate surface area is 170 Å². The van der Waals surface area contributed by atoms with Crippen molar-refractivity contribution in [2.75, 3.05) is 0 Å². The molecule has 3 nitrogen and oxygen atoms in total. The van der Waals surface area contributed by atoms with E-state index in [1.54, 1.807) is 0 Å². The molecule has 0 radical (unpaired) electrons. The molecule has 6 rings (SSSR count). The van der Waals surface area contributed by atoms with Crippen LogP contribution in [0.4, 0.5) is 0 Å². The molecule has 2 aliphatic rings. The highest BCUT2D eigenvalue weighted by Crippen LogP contribution is 2.27. The van der Waals surface area contributed by atoms with Crippen molar-refractivity contribution >= 4 is 35.7 Å². The van der Waals surface area contributed by atoms with Gasteiger partial charge in [0, 0.05) is 0 Å². The lowest BCUT2D eigenvalue weighted by Crippen LogP contribution is -2.58. The summed E-state index contributed by atoms with van der Waals surface area (Å²) < 4.78 is 19.1. The molecule has 0 saturated carbocycles. The number of para-hydroxylation sites is 4. The second-order valence-electron chi connectivity index (χ2n) is 7.25. The van der Waals surface area contributed by atoms with E-state index in [1.165, 1.54) is 0 Å². The molecule has 0 bridgehead atoms. The standard InChI is InChI=1S/C24H16B2O3/c1-5-13-21-17(9-1)25(18-10-2-6-14-22(18)27-21)29-26-19-11-3-7-15-23(19)28-24-16-8-4-12-20(24)26/h1-16H. The summed E-state index contributed by atoms with van der Waals surface area (Å²) in [6.45, 7) is -0.472. The summed E-state index contributed by atoms with van der Waals surface area (Å²) >= 11 is 0. The molecule has 29 heavy (non-hydrogen) atoms. The van der Waals surface area contributed by atoms with Gasteiger partial charge in [-0.05, 0) is 46.1 Å². The first-order chi connectivity index (χ1) is 14.4. The van der Waals surface area contributed by atoms with Gasteiger partial charge in [-0.1, -0.05) is 72.8 Å². The highest BCUT2D eigenvalue weighted by Gasteiger charge is 2.40. The third kappa shape index (κ3) is 2.66. The Morgan fingerprint density at radius 3 is 1.00 bits per heavy atom. The molecule has 0 amide bonds. The SMILES string of the molecule is c1ccc2c(c1)Oc1ccccc1B2OB1c2ccccc2Oc2ccccc21. The Balaban J connectivity index is 1.51. The van der Waals surface area contributed by atoms with Crippen molar-refractivity contribution in [3.63, 3.8) is 0 Å². The zero-order valence-electron chi connectivity index (χ0n) is 15.6. The lowest BCUT2D eigenvalue weighted by molar-refractivity contribution is 0.476. The maximum absolute atomic E-state index is 6.88. The minimum atomic E-state index is -0.236. The summed E-state index contributed by atoms with van der Waals surface area (Å²) in [5.74, 6) is 3.35. The van der Waals surface area contributed by atoms with Gasteiger partial charge in [0.2, 0.25) is 0 Å². The molecule has 0 aromatic heterocycles. The van der Waals surface area contributed by atoms with Crippen molar-refractivity contribution in [3.05, 3.63) is 97.1 Å². The van der Waals surface area contributed by atoms with E-state index in [0.29, 0.717) is 0 Å². The van der Waals surface area contributed by atoms with Crippen LogP contribution in [0, 0.1) is 0 Å². The van der Waals surface area contributed by atoms with Gasteiger partial charge in [-0.25, -0.2) is 0 Å². The van der Waals surface area contributed by atoms with Gasteiger partial charge in [0.25, 0.3) is 0 Å². The second-order valence-corrected chi connectivity index (χ2v) is 7.25. The predicted molar refractivity (Wildman–Crippen MR) is 117 cm³/mol. The fraction of sp³-hybridized carbons (Fsp3) is 0. The molecule has 5 heteroatoms. The Kier molecular flexibility index (Phi) is 3.74. The molecule has 2 heterocycles. The van der Waals surface area contributed by atoms with Crippen LogP contribution in [0.3, 0.4) is 0 Å². The zero-order chi connectivity index (χ0) is 19.2. The maximum Gasteiger partial charge on any atom is 0.354 e. The van der Waals surface area contributed by atoms with Crippen LogP contribution < -0.4 is 31.3 Å². The Hall–Kier alpha value is -3.43. The fourth-order valence-corrected chi connectivity index (χ4v) is 4.16. The second kappa shape index (κ2) is 6.57. The van der Waals surface area contributed by atoms with E-state index in [4.69, 9.17) is 14.0 Å². The first-order valence-electron chi connectivity index (χ1n) is 9.75. The van der Waals surface area contributed by atoms with Crippen molar-refractivity contribution in [1.29, 1.82) is 0 Å². The van der Waals surface area contributed by atoms with Gasteiger partial charge in [0.05, 0.1) is 0 Å². The van der Waals surface area contributed by atoms with Crippen molar-refractivity contribution < 1.29 is 14.0 Å². The quantitative estimate of drug-likeness (QED) is 0.506. The monoisotopic (exact) mass is 374 g/mol. The van der Waals surface area contributed by atoms with Gasteiger partial charge in [0.15, 0.2) is 0 Å². The van der Waals surface area contributed by atoms with E-state index in [9.17, 15) is 0 Å². The summed E-state index contributed by atoms with van der Waals surface area (Å²) in [7, 11) is 0. The largest absolute Gasteiger partial charge is 0.483 e. The van der Waals surface area contributed by atoms with Crippen LogP contribution in [-0.2, 0) is 4.57 Å². The number of hydrogen-bond donors (Lipinski definition) is 0. The Bertz CT molecular complexity index is 1040. The van der Waals surface area contributed by atoms with Crippen LogP contribution in [0.25, 0.3) is 0 Å². The number of hydrogen-bond acceptors (Lipinski definition) is 3. The van der Waals surface area contributed by atoms with Crippen molar-refractivity contribution in [2.24, 2.45) is 0 Å². The minimum Gasteiger partial charge on any atom is -0.483 e. The molecule has 4 aromatic rings. The molecule has 0 spiro atoms. The molecular weight excluding hydrogens is 358 g/mol. The van der Waals surface area contributed by atoms with Gasteiger partial charge >= 0.3 is 13.8 Å². The lowest BCUT2D eigenvalue weighted by Gasteiger charge is -2.31. The van der Waals surface area contributed by atoms with E-state index in [1.807, 2.05) is 72.8 Å². The molecule has 0 atom stereocenters. The van der Waals surface area contributed by atoms with Crippen LogP contribution in [0.2, 0.25) is 0 Å². The van der Waals surface area contributed by atoms with Crippen molar-refractivity contribution in [1.82, 2.24) is 0 Å². The minimum absolute atomic E-state index is 0.236. The lowest BCUT2D eigenvalue weighted by atomic mass is 9.46. The van der Waals surface area contributed by atoms with Crippen molar-refractivity contribution in [2.45, 2.75) is 0 Å². The van der Waals surface area contributed by atoms with Gasteiger partial charge in [0.1, 0.15) is 23.0 Å². The molecule has 2 aliphatic heterocycles. The van der Waals surface area contributed by atoms with Gasteiger partial charge < -0.3 is 14.0 Å². The predicted octanol–water partition coefficient (Wildman–Crippen LogP) is 2.83. The van der Waals surface area contributed by atoms with Crippen LogP contribution in [-0.4, -0.2) is 13.8 Å². The highest BCUT2D eigenvalue weighted by molar-refractivity contribution is 6.93. The van der Waals surface area contributed by atoms with E-state index in [2.05, 4.69) is 24.3 Å². The van der Waals surface area contributed by atoms with Gasteiger partial charge in [-0.2, -0.15) is 0 Å². The smallest absolute Gasteiger partial charge is 0.354 e. The first kappa shape index (κ1) is 16.5.